The highest BCUT2D eigenvalue weighted by atomic mass is 16.6. The summed E-state index contributed by atoms with van der Waals surface area (Å²) in [4.78, 5) is 35.8. The topological polar surface area (TPSA) is 93.7 Å². The Kier molecular flexibility index (Phi) is 7.61. The van der Waals surface area contributed by atoms with Crippen LogP contribution in [0.2, 0.25) is 0 Å². The minimum absolute atomic E-state index is 0.0735. The average Bonchev–Trinajstić information content (AvgIpc) is 2.50. The van der Waals surface area contributed by atoms with Crippen LogP contribution in [0.4, 0.5) is 10.5 Å². The molecule has 7 heteroatoms. The predicted molar refractivity (Wildman–Crippen MR) is 98.8 cm³/mol. The lowest BCUT2D eigenvalue weighted by atomic mass is 10.0. The van der Waals surface area contributed by atoms with Gasteiger partial charge in [0.05, 0.1) is 13.5 Å². The standard InChI is InChI=1S/C19H28N2O5/c1-12(2)16(17(23)25-6)21-15(22)11-13-8-7-9-14(10-13)20-18(24)26-19(3,4)5/h7-10,12,16H,11H2,1-6H3,(H,20,24)(H,21,22). The second kappa shape index (κ2) is 9.22. The number of amides is 2. The van der Waals surface area contributed by atoms with Crippen LogP contribution in [0, 0.1) is 5.92 Å². The van der Waals surface area contributed by atoms with Crippen LogP contribution in [0.25, 0.3) is 0 Å². The van der Waals surface area contributed by atoms with Gasteiger partial charge in [0.15, 0.2) is 0 Å². The normalized spacial score (nSPS) is 12.3. The monoisotopic (exact) mass is 364 g/mol. The van der Waals surface area contributed by atoms with Crippen LogP contribution in [0.5, 0.6) is 0 Å². The van der Waals surface area contributed by atoms with Crippen molar-refractivity contribution in [3.8, 4) is 0 Å². The zero-order valence-electron chi connectivity index (χ0n) is 16.2. The van der Waals surface area contributed by atoms with E-state index in [4.69, 9.17) is 9.47 Å². The van der Waals surface area contributed by atoms with Gasteiger partial charge in [0.1, 0.15) is 11.6 Å². The van der Waals surface area contributed by atoms with Crippen LogP contribution in [0.3, 0.4) is 0 Å². The first-order chi connectivity index (χ1) is 12.0. The molecule has 1 unspecified atom stereocenters. The van der Waals surface area contributed by atoms with E-state index in [0.29, 0.717) is 11.3 Å². The van der Waals surface area contributed by atoms with E-state index in [2.05, 4.69) is 10.6 Å². The number of hydrogen-bond acceptors (Lipinski definition) is 5. The average molecular weight is 364 g/mol. The van der Waals surface area contributed by atoms with Gasteiger partial charge in [-0.05, 0) is 44.4 Å². The molecule has 1 aromatic carbocycles. The summed E-state index contributed by atoms with van der Waals surface area (Å²) in [6, 6.07) is 6.19. The van der Waals surface area contributed by atoms with Gasteiger partial charge in [-0.25, -0.2) is 9.59 Å². The Morgan fingerprint density at radius 1 is 1.15 bits per heavy atom. The summed E-state index contributed by atoms with van der Waals surface area (Å²) >= 11 is 0. The van der Waals surface area contributed by atoms with Gasteiger partial charge in [0.2, 0.25) is 5.91 Å². The highest BCUT2D eigenvalue weighted by Crippen LogP contribution is 2.14. The van der Waals surface area contributed by atoms with Gasteiger partial charge in [0.25, 0.3) is 0 Å². The van der Waals surface area contributed by atoms with Crippen molar-refractivity contribution >= 4 is 23.7 Å². The molecule has 0 radical (unpaired) electrons. The first kappa shape index (κ1) is 21.5. The second-order valence-corrected chi connectivity index (χ2v) is 7.32. The maximum atomic E-state index is 12.2. The van der Waals surface area contributed by atoms with Crippen LogP contribution < -0.4 is 10.6 Å². The summed E-state index contributed by atoms with van der Waals surface area (Å²) in [5.74, 6) is -0.871. The lowest BCUT2D eigenvalue weighted by molar-refractivity contribution is -0.146. The summed E-state index contributed by atoms with van der Waals surface area (Å²) < 4.78 is 9.91. The largest absolute Gasteiger partial charge is 0.467 e. The van der Waals surface area contributed by atoms with E-state index in [1.165, 1.54) is 7.11 Å². The number of ether oxygens (including phenoxy) is 2. The van der Waals surface area contributed by atoms with Crippen molar-refractivity contribution in [2.24, 2.45) is 5.92 Å². The predicted octanol–water partition coefficient (Wildman–Crippen LogP) is 2.89. The van der Waals surface area contributed by atoms with Gasteiger partial charge in [-0.15, -0.1) is 0 Å². The number of nitrogens with one attached hydrogen (secondary N) is 2. The maximum absolute atomic E-state index is 12.2. The molecule has 2 amide bonds. The molecule has 0 spiro atoms. The van der Waals surface area contributed by atoms with Crippen molar-refractivity contribution < 1.29 is 23.9 Å². The van der Waals surface area contributed by atoms with Crippen LogP contribution >= 0.6 is 0 Å². The number of carbonyl (C=O) groups excluding carboxylic acids is 3. The zero-order valence-corrected chi connectivity index (χ0v) is 16.2. The lowest BCUT2D eigenvalue weighted by Crippen LogP contribution is -2.45. The van der Waals surface area contributed by atoms with Gasteiger partial charge in [0, 0.05) is 5.69 Å². The number of rotatable bonds is 6. The van der Waals surface area contributed by atoms with Crippen LogP contribution in [-0.4, -0.2) is 36.7 Å². The van der Waals surface area contributed by atoms with E-state index < -0.39 is 23.7 Å². The molecular weight excluding hydrogens is 336 g/mol. The minimum atomic E-state index is -0.699. The molecule has 0 aromatic heterocycles. The first-order valence-corrected chi connectivity index (χ1v) is 8.48. The number of carbonyl (C=O) groups is 3. The molecule has 144 valence electrons. The lowest BCUT2D eigenvalue weighted by Gasteiger charge is -2.20. The Hall–Kier alpha value is -2.57. The van der Waals surface area contributed by atoms with Gasteiger partial charge >= 0.3 is 12.1 Å². The van der Waals surface area contributed by atoms with Gasteiger partial charge in [-0.3, -0.25) is 10.1 Å². The Labute approximate surface area is 154 Å². The Bertz CT molecular complexity index is 650. The Balaban J connectivity index is 2.72. The molecule has 1 rings (SSSR count). The molecule has 0 aliphatic rings. The van der Waals surface area contributed by atoms with E-state index in [9.17, 15) is 14.4 Å². The number of benzene rings is 1. The van der Waals surface area contributed by atoms with Crippen molar-refractivity contribution in [3.63, 3.8) is 0 Å². The fraction of sp³-hybridized carbons (Fsp3) is 0.526. The molecule has 0 fully saturated rings. The maximum Gasteiger partial charge on any atom is 0.412 e. The molecule has 0 aliphatic heterocycles. The molecule has 2 N–H and O–H groups in total. The SMILES string of the molecule is COC(=O)C(NC(=O)Cc1cccc(NC(=O)OC(C)(C)C)c1)C(C)C. The molecule has 0 bridgehead atoms. The van der Waals surface area contributed by atoms with E-state index in [1.54, 1.807) is 45.0 Å². The highest BCUT2D eigenvalue weighted by molar-refractivity contribution is 5.87. The molecule has 0 heterocycles. The van der Waals surface area contributed by atoms with Crippen LogP contribution in [-0.2, 0) is 25.5 Å². The molecule has 0 saturated carbocycles. The number of esters is 1. The molecule has 1 aromatic rings. The van der Waals surface area contributed by atoms with E-state index >= 15 is 0 Å². The van der Waals surface area contributed by atoms with Gasteiger partial charge < -0.3 is 14.8 Å². The Morgan fingerprint density at radius 3 is 2.35 bits per heavy atom. The Morgan fingerprint density at radius 2 is 1.81 bits per heavy atom. The third-order valence-corrected chi connectivity index (χ3v) is 3.38. The molecule has 0 aliphatic carbocycles. The molecule has 7 nitrogen and oxygen atoms in total. The summed E-state index contributed by atoms with van der Waals surface area (Å²) in [7, 11) is 1.29. The number of methoxy groups -OCH3 is 1. The molecule has 26 heavy (non-hydrogen) atoms. The quantitative estimate of drug-likeness (QED) is 0.757. The van der Waals surface area contributed by atoms with Crippen molar-refractivity contribution in [1.29, 1.82) is 0 Å². The van der Waals surface area contributed by atoms with E-state index in [-0.39, 0.29) is 18.2 Å². The first-order valence-electron chi connectivity index (χ1n) is 8.48. The summed E-state index contributed by atoms with van der Waals surface area (Å²) in [6.07, 6.45) is -0.492. The van der Waals surface area contributed by atoms with Crippen LogP contribution in [0.15, 0.2) is 24.3 Å². The fourth-order valence-corrected chi connectivity index (χ4v) is 2.22. The van der Waals surface area contributed by atoms with Gasteiger partial charge in [-0.2, -0.15) is 0 Å². The molecule has 1 atom stereocenters. The number of hydrogen-bond donors (Lipinski definition) is 2. The third kappa shape index (κ3) is 7.55. The molecular formula is C19H28N2O5. The zero-order chi connectivity index (χ0) is 19.9. The summed E-state index contributed by atoms with van der Waals surface area (Å²) in [6.45, 7) is 8.99. The van der Waals surface area contributed by atoms with Crippen molar-refractivity contribution in [2.75, 3.05) is 12.4 Å². The fourth-order valence-electron chi connectivity index (χ4n) is 2.22. The van der Waals surface area contributed by atoms with Crippen LogP contribution in [0.1, 0.15) is 40.2 Å². The molecule has 0 saturated heterocycles. The minimum Gasteiger partial charge on any atom is -0.467 e. The second-order valence-electron chi connectivity index (χ2n) is 7.32. The van der Waals surface area contributed by atoms with E-state index in [1.807, 2.05) is 13.8 Å². The summed E-state index contributed by atoms with van der Waals surface area (Å²) in [5, 5.41) is 5.31. The van der Waals surface area contributed by atoms with E-state index in [0.717, 1.165) is 0 Å². The highest BCUT2D eigenvalue weighted by Gasteiger charge is 2.24. The van der Waals surface area contributed by atoms with Crippen molar-refractivity contribution in [3.05, 3.63) is 29.8 Å². The number of anilines is 1. The van der Waals surface area contributed by atoms with Gasteiger partial charge in [-0.1, -0.05) is 26.0 Å². The third-order valence-electron chi connectivity index (χ3n) is 3.38. The summed E-state index contributed by atoms with van der Waals surface area (Å²) in [5.41, 5.74) is 0.628. The smallest absolute Gasteiger partial charge is 0.412 e. The van der Waals surface area contributed by atoms with Crippen molar-refractivity contribution in [1.82, 2.24) is 5.32 Å². The van der Waals surface area contributed by atoms with Crippen molar-refractivity contribution in [2.45, 2.75) is 52.7 Å².